The zero-order valence-electron chi connectivity index (χ0n) is 15.5. The molecule has 0 atom stereocenters. The molecule has 2 aromatic rings. The lowest BCUT2D eigenvalue weighted by Crippen LogP contribution is -2.44. The first kappa shape index (κ1) is 18.1. The number of anilines is 2. The minimum absolute atomic E-state index is 0.258. The molecule has 0 aromatic heterocycles. The quantitative estimate of drug-likeness (QED) is 0.894. The van der Waals surface area contributed by atoms with E-state index >= 15 is 0 Å². The van der Waals surface area contributed by atoms with Crippen molar-refractivity contribution >= 4 is 17.3 Å². The Kier molecular flexibility index (Phi) is 5.63. The van der Waals surface area contributed by atoms with Gasteiger partial charge in [0.2, 0.25) is 0 Å². The molecule has 0 spiro atoms. The molecular weight excluding hydrogens is 330 g/mol. The highest BCUT2D eigenvalue weighted by Gasteiger charge is 2.19. The summed E-state index contributed by atoms with van der Waals surface area (Å²) in [6.45, 7) is 4.15. The van der Waals surface area contributed by atoms with E-state index in [4.69, 9.17) is 9.47 Å². The van der Waals surface area contributed by atoms with Crippen molar-refractivity contribution in [2.24, 2.45) is 0 Å². The van der Waals surface area contributed by atoms with Crippen LogP contribution in [0.4, 0.5) is 11.4 Å². The van der Waals surface area contributed by atoms with Crippen LogP contribution in [0.3, 0.4) is 0 Å². The van der Waals surface area contributed by atoms with Gasteiger partial charge in [0.15, 0.2) is 0 Å². The highest BCUT2D eigenvalue weighted by atomic mass is 16.5. The monoisotopic (exact) mass is 355 g/mol. The van der Waals surface area contributed by atoms with Crippen LogP contribution in [0.2, 0.25) is 0 Å². The number of methoxy groups -OCH3 is 2. The molecule has 138 valence electrons. The van der Waals surface area contributed by atoms with Crippen molar-refractivity contribution in [2.45, 2.75) is 0 Å². The highest BCUT2D eigenvalue weighted by Crippen LogP contribution is 2.29. The number of nitrogens with zero attached hydrogens (tertiary/aromatic N) is 2. The summed E-state index contributed by atoms with van der Waals surface area (Å²) in [6.07, 6.45) is 0. The second kappa shape index (κ2) is 8.10. The van der Waals surface area contributed by atoms with Crippen molar-refractivity contribution in [2.75, 3.05) is 57.7 Å². The molecular formula is C20H25N3O3. The van der Waals surface area contributed by atoms with E-state index in [2.05, 4.69) is 22.2 Å². The van der Waals surface area contributed by atoms with Crippen LogP contribution in [0.5, 0.6) is 11.5 Å². The molecule has 0 radical (unpaired) electrons. The normalized spacial score (nSPS) is 14.8. The molecule has 1 saturated heterocycles. The lowest BCUT2D eigenvalue weighted by molar-refractivity contribution is 0.102. The summed E-state index contributed by atoms with van der Waals surface area (Å²) in [5, 5.41) is 2.92. The number of ether oxygens (including phenoxy) is 2. The molecule has 1 aliphatic rings. The highest BCUT2D eigenvalue weighted by molar-refractivity contribution is 6.08. The molecule has 6 nitrogen and oxygen atoms in total. The van der Waals surface area contributed by atoms with Gasteiger partial charge in [-0.15, -0.1) is 0 Å². The summed E-state index contributed by atoms with van der Waals surface area (Å²) in [5.41, 5.74) is 2.30. The first-order valence-electron chi connectivity index (χ1n) is 8.68. The van der Waals surface area contributed by atoms with Gasteiger partial charge in [0.1, 0.15) is 17.1 Å². The van der Waals surface area contributed by atoms with E-state index < -0.39 is 0 Å². The molecule has 1 aliphatic heterocycles. The van der Waals surface area contributed by atoms with Crippen LogP contribution in [0.15, 0.2) is 42.5 Å². The first-order valence-corrected chi connectivity index (χ1v) is 8.68. The average molecular weight is 355 g/mol. The van der Waals surface area contributed by atoms with Crippen LogP contribution in [0.25, 0.3) is 0 Å². The van der Waals surface area contributed by atoms with Gasteiger partial charge >= 0.3 is 0 Å². The lowest BCUT2D eigenvalue weighted by atomic mass is 10.1. The molecule has 0 bridgehead atoms. The Morgan fingerprint density at radius 2 is 1.50 bits per heavy atom. The average Bonchev–Trinajstić information content (AvgIpc) is 2.68. The molecule has 6 heteroatoms. The van der Waals surface area contributed by atoms with Crippen molar-refractivity contribution in [3.8, 4) is 11.5 Å². The van der Waals surface area contributed by atoms with Gasteiger partial charge in [-0.2, -0.15) is 0 Å². The van der Waals surface area contributed by atoms with E-state index in [9.17, 15) is 4.79 Å². The van der Waals surface area contributed by atoms with Crippen molar-refractivity contribution in [1.29, 1.82) is 0 Å². The Morgan fingerprint density at radius 1 is 0.923 bits per heavy atom. The maximum absolute atomic E-state index is 12.7. The summed E-state index contributed by atoms with van der Waals surface area (Å²) in [5.74, 6) is 0.707. The molecule has 0 unspecified atom stereocenters. The molecule has 1 heterocycles. The Morgan fingerprint density at radius 3 is 2.04 bits per heavy atom. The van der Waals surface area contributed by atoms with E-state index in [1.165, 1.54) is 19.9 Å². The molecule has 1 N–H and O–H groups in total. The number of benzene rings is 2. The Bertz CT molecular complexity index is 731. The van der Waals surface area contributed by atoms with Crippen LogP contribution in [0.1, 0.15) is 10.4 Å². The zero-order valence-corrected chi connectivity index (χ0v) is 15.5. The topological polar surface area (TPSA) is 54.0 Å². The number of nitrogens with one attached hydrogen (secondary N) is 1. The summed E-state index contributed by atoms with van der Waals surface area (Å²) in [6, 6.07) is 13.2. The SMILES string of the molecule is COc1cccc(OC)c1C(=O)Nc1ccc(N2CCN(C)CC2)cc1. The summed E-state index contributed by atoms with van der Waals surface area (Å²) in [4.78, 5) is 17.4. The fourth-order valence-corrected chi connectivity index (χ4v) is 3.09. The van der Waals surface area contributed by atoms with E-state index in [-0.39, 0.29) is 5.91 Å². The van der Waals surface area contributed by atoms with Crippen molar-refractivity contribution in [3.63, 3.8) is 0 Å². The summed E-state index contributed by atoms with van der Waals surface area (Å²) >= 11 is 0. The van der Waals surface area contributed by atoms with Crippen LogP contribution < -0.4 is 19.7 Å². The minimum Gasteiger partial charge on any atom is -0.496 e. The summed E-state index contributed by atoms with van der Waals surface area (Å²) < 4.78 is 10.6. The van der Waals surface area contributed by atoms with Gasteiger partial charge in [0, 0.05) is 37.6 Å². The standard InChI is InChI=1S/C20H25N3O3/c1-22-11-13-23(14-12-22)16-9-7-15(8-10-16)21-20(24)19-17(25-2)5-4-6-18(19)26-3/h4-10H,11-14H2,1-3H3,(H,21,24). The van der Waals surface area contributed by atoms with Gasteiger partial charge in [-0.25, -0.2) is 0 Å². The number of likely N-dealkylation sites (N-methyl/N-ethyl adjacent to an activating group) is 1. The van der Waals surface area contributed by atoms with Crippen LogP contribution in [-0.4, -0.2) is 58.3 Å². The Labute approximate surface area is 154 Å². The minimum atomic E-state index is -0.258. The number of amides is 1. The maximum Gasteiger partial charge on any atom is 0.263 e. The third-order valence-corrected chi connectivity index (χ3v) is 4.65. The molecule has 1 fully saturated rings. The predicted octanol–water partition coefficient (Wildman–Crippen LogP) is 2.71. The summed E-state index contributed by atoms with van der Waals surface area (Å²) in [7, 11) is 5.22. The van der Waals surface area contributed by atoms with E-state index in [0.29, 0.717) is 17.1 Å². The smallest absolute Gasteiger partial charge is 0.263 e. The zero-order chi connectivity index (χ0) is 18.5. The first-order chi connectivity index (χ1) is 12.6. The lowest BCUT2D eigenvalue weighted by Gasteiger charge is -2.34. The van der Waals surface area contributed by atoms with Crippen molar-refractivity contribution in [3.05, 3.63) is 48.0 Å². The van der Waals surface area contributed by atoms with Crippen molar-refractivity contribution < 1.29 is 14.3 Å². The van der Waals surface area contributed by atoms with Gasteiger partial charge in [-0.1, -0.05) is 6.07 Å². The van der Waals surface area contributed by atoms with Gasteiger partial charge in [0.05, 0.1) is 14.2 Å². The van der Waals surface area contributed by atoms with Gasteiger partial charge in [0.25, 0.3) is 5.91 Å². The Hall–Kier alpha value is -2.73. The maximum atomic E-state index is 12.7. The number of carbonyl (C=O) groups excluding carboxylic acids is 1. The fourth-order valence-electron chi connectivity index (χ4n) is 3.09. The second-order valence-corrected chi connectivity index (χ2v) is 6.33. The largest absolute Gasteiger partial charge is 0.496 e. The van der Waals surface area contributed by atoms with E-state index in [1.54, 1.807) is 18.2 Å². The molecule has 0 aliphatic carbocycles. The molecule has 1 amide bonds. The van der Waals surface area contributed by atoms with Crippen LogP contribution in [0, 0.1) is 0 Å². The Balaban J connectivity index is 1.72. The molecule has 0 saturated carbocycles. The van der Waals surface area contributed by atoms with E-state index in [0.717, 1.165) is 31.9 Å². The number of rotatable bonds is 5. The third kappa shape index (κ3) is 3.91. The van der Waals surface area contributed by atoms with Gasteiger partial charge < -0.3 is 24.6 Å². The van der Waals surface area contributed by atoms with E-state index in [1.807, 2.05) is 24.3 Å². The number of hydrogen-bond donors (Lipinski definition) is 1. The second-order valence-electron chi connectivity index (χ2n) is 6.33. The van der Waals surface area contributed by atoms with Gasteiger partial charge in [-0.05, 0) is 43.4 Å². The predicted molar refractivity (Wildman–Crippen MR) is 104 cm³/mol. The number of hydrogen-bond acceptors (Lipinski definition) is 5. The third-order valence-electron chi connectivity index (χ3n) is 4.65. The van der Waals surface area contributed by atoms with Crippen LogP contribution >= 0.6 is 0 Å². The van der Waals surface area contributed by atoms with Crippen molar-refractivity contribution in [1.82, 2.24) is 4.90 Å². The molecule has 2 aromatic carbocycles. The van der Waals surface area contributed by atoms with Gasteiger partial charge in [-0.3, -0.25) is 4.79 Å². The molecule has 26 heavy (non-hydrogen) atoms. The number of piperazine rings is 1. The molecule has 3 rings (SSSR count). The fraction of sp³-hybridized carbons (Fsp3) is 0.350. The van der Waals surface area contributed by atoms with Crippen LogP contribution in [-0.2, 0) is 0 Å². The number of carbonyl (C=O) groups is 1.